The summed E-state index contributed by atoms with van der Waals surface area (Å²) in [6.45, 7) is 2.93. The monoisotopic (exact) mass is 168 g/mol. The molecule has 0 saturated carbocycles. The summed E-state index contributed by atoms with van der Waals surface area (Å²) in [7, 11) is -4.14. The van der Waals surface area contributed by atoms with E-state index in [1.54, 1.807) is 0 Å². The molecule has 0 atom stereocenters. The van der Waals surface area contributed by atoms with Gasteiger partial charge in [0, 0.05) is 0 Å². The molecule has 6 heteroatoms. The summed E-state index contributed by atoms with van der Waals surface area (Å²) in [5, 5.41) is -1.20. The van der Waals surface area contributed by atoms with Crippen LogP contribution in [0.3, 0.4) is 0 Å². The zero-order chi connectivity index (χ0) is 7.49. The SMILES string of the molecule is C=CC(=O)S(=O)(=O)OS. The highest BCUT2D eigenvalue weighted by Gasteiger charge is 2.17. The minimum atomic E-state index is -4.14. The van der Waals surface area contributed by atoms with Crippen molar-refractivity contribution in [2.24, 2.45) is 0 Å². The predicted molar refractivity (Wildman–Crippen MR) is 34.2 cm³/mol. The fourth-order valence-electron chi connectivity index (χ4n) is 0.139. The van der Waals surface area contributed by atoms with Gasteiger partial charge in [0.2, 0.25) is 0 Å². The predicted octanol–water partition coefficient (Wildman–Crippen LogP) is -0.110. The normalized spacial score (nSPS) is 10.8. The van der Waals surface area contributed by atoms with Crippen LogP contribution in [0.15, 0.2) is 12.7 Å². The Labute approximate surface area is 58.3 Å². The Hall–Kier alpha value is -0.330. The Morgan fingerprint density at radius 1 is 1.67 bits per heavy atom. The molecule has 0 radical (unpaired) electrons. The molecule has 0 spiro atoms. The molecule has 0 aliphatic carbocycles. The lowest BCUT2D eigenvalue weighted by Gasteiger charge is -1.89. The summed E-state index contributed by atoms with van der Waals surface area (Å²) < 4.78 is 24.0. The molecular formula is C3H4O4S2. The van der Waals surface area contributed by atoms with Gasteiger partial charge in [0.15, 0.2) is 0 Å². The van der Waals surface area contributed by atoms with E-state index in [0.717, 1.165) is 0 Å². The molecule has 0 amide bonds. The average Bonchev–Trinajstić information content (AvgIpc) is 1.86. The molecule has 0 rings (SSSR count). The summed E-state index contributed by atoms with van der Waals surface area (Å²) in [5.41, 5.74) is 0. The highest BCUT2D eigenvalue weighted by Crippen LogP contribution is 1.97. The van der Waals surface area contributed by atoms with E-state index in [-0.39, 0.29) is 0 Å². The highest BCUT2D eigenvalue weighted by atomic mass is 32.3. The van der Waals surface area contributed by atoms with E-state index in [9.17, 15) is 13.2 Å². The van der Waals surface area contributed by atoms with E-state index in [1.165, 1.54) is 0 Å². The number of carbonyl (C=O) groups excluding carboxylic acids is 1. The third-order valence-electron chi connectivity index (χ3n) is 0.511. The van der Waals surface area contributed by atoms with Gasteiger partial charge in [0.25, 0.3) is 5.12 Å². The Morgan fingerprint density at radius 2 is 2.11 bits per heavy atom. The molecule has 0 saturated heterocycles. The van der Waals surface area contributed by atoms with Crippen LogP contribution in [0.4, 0.5) is 0 Å². The van der Waals surface area contributed by atoms with Crippen molar-refractivity contribution >= 4 is 28.1 Å². The standard InChI is InChI=1S/C3H4O4S2/c1-2-3(4)9(5,6)7-8/h2,8H,1H2. The molecule has 4 nitrogen and oxygen atoms in total. The average molecular weight is 168 g/mol. The van der Waals surface area contributed by atoms with Gasteiger partial charge in [-0.05, 0) is 19.0 Å². The van der Waals surface area contributed by atoms with E-state index >= 15 is 0 Å². The maximum absolute atomic E-state index is 10.2. The molecule has 0 aromatic carbocycles. The molecule has 0 bridgehead atoms. The lowest BCUT2D eigenvalue weighted by atomic mass is 10.7. The van der Waals surface area contributed by atoms with Gasteiger partial charge < -0.3 is 0 Å². The van der Waals surface area contributed by atoms with Crippen LogP contribution < -0.4 is 0 Å². The highest BCUT2D eigenvalue weighted by molar-refractivity contribution is 8.07. The van der Waals surface area contributed by atoms with Crippen molar-refractivity contribution in [3.8, 4) is 0 Å². The van der Waals surface area contributed by atoms with Crippen LogP contribution >= 0.6 is 12.9 Å². The molecule has 0 aliphatic rings. The van der Waals surface area contributed by atoms with Gasteiger partial charge in [-0.2, -0.15) is 12.0 Å². The third kappa shape index (κ3) is 2.17. The van der Waals surface area contributed by atoms with Crippen LogP contribution in [0.2, 0.25) is 0 Å². The van der Waals surface area contributed by atoms with Crippen molar-refractivity contribution < 1.29 is 16.8 Å². The Morgan fingerprint density at radius 3 is 2.22 bits per heavy atom. The molecule has 0 unspecified atom stereocenters. The minimum absolute atomic E-state index is 0.631. The second kappa shape index (κ2) is 3.00. The van der Waals surface area contributed by atoms with E-state index in [0.29, 0.717) is 6.08 Å². The zero-order valence-electron chi connectivity index (χ0n) is 4.27. The summed E-state index contributed by atoms with van der Waals surface area (Å²) in [5.74, 6) is 0. The third-order valence-corrected chi connectivity index (χ3v) is 1.96. The molecule has 0 fully saturated rings. The summed E-state index contributed by atoms with van der Waals surface area (Å²) in [4.78, 5) is 10.2. The van der Waals surface area contributed by atoms with Gasteiger partial charge in [-0.1, -0.05) is 6.58 Å². The van der Waals surface area contributed by atoms with E-state index in [2.05, 4.69) is 23.1 Å². The topological polar surface area (TPSA) is 60.4 Å². The fraction of sp³-hybridized carbons (Fsp3) is 0. The van der Waals surface area contributed by atoms with Crippen molar-refractivity contribution in [2.75, 3.05) is 0 Å². The minimum Gasteiger partial charge on any atom is -0.274 e. The Bertz CT molecular complexity index is 214. The summed E-state index contributed by atoms with van der Waals surface area (Å²) in [6.07, 6.45) is 0.631. The van der Waals surface area contributed by atoms with Gasteiger partial charge in [0.1, 0.15) is 0 Å². The van der Waals surface area contributed by atoms with E-state index < -0.39 is 15.2 Å². The first-order valence-corrected chi connectivity index (χ1v) is 3.56. The number of carbonyl (C=O) groups is 1. The zero-order valence-corrected chi connectivity index (χ0v) is 5.98. The molecule has 0 aromatic rings. The van der Waals surface area contributed by atoms with Crippen molar-refractivity contribution in [1.29, 1.82) is 0 Å². The maximum Gasteiger partial charge on any atom is 0.345 e. The number of hydrogen-bond donors (Lipinski definition) is 1. The van der Waals surface area contributed by atoms with Crippen LogP contribution in [0.1, 0.15) is 0 Å². The molecule has 52 valence electrons. The lowest BCUT2D eigenvalue weighted by Crippen LogP contribution is -2.10. The van der Waals surface area contributed by atoms with Crippen molar-refractivity contribution in [1.82, 2.24) is 0 Å². The first-order valence-electron chi connectivity index (χ1n) is 1.79. The quantitative estimate of drug-likeness (QED) is 0.355. The van der Waals surface area contributed by atoms with Crippen LogP contribution in [0, 0.1) is 0 Å². The fourth-order valence-corrected chi connectivity index (χ4v) is 0.637. The van der Waals surface area contributed by atoms with Crippen molar-refractivity contribution in [3.05, 3.63) is 12.7 Å². The van der Waals surface area contributed by atoms with Crippen LogP contribution in [-0.2, 0) is 18.5 Å². The lowest BCUT2D eigenvalue weighted by molar-refractivity contribution is -0.108. The van der Waals surface area contributed by atoms with Gasteiger partial charge in [-0.25, -0.2) is 0 Å². The van der Waals surface area contributed by atoms with E-state index in [4.69, 9.17) is 0 Å². The molecule has 0 aliphatic heterocycles. The van der Waals surface area contributed by atoms with Crippen LogP contribution in [-0.4, -0.2) is 13.5 Å². The van der Waals surface area contributed by atoms with Gasteiger partial charge in [-0.3, -0.25) is 4.79 Å². The summed E-state index contributed by atoms with van der Waals surface area (Å²) >= 11 is 2.94. The maximum atomic E-state index is 10.2. The van der Waals surface area contributed by atoms with Gasteiger partial charge in [0.05, 0.1) is 0 Å². The van der Waals surface area contributed by atoms with Crippen LogP contribution in [0.5, 0.6) is 0 Å². The molecule has 0 N–H and O–H groups in total. The van der Waals surface area contributed by atoms with Crippen LogP contribution in [0.25, 0.3) is 0 Å². The summed E-state index contributed by atoms with van der Waals surface area (Å²) in [6, 6.07) is 0. The molecular weight excluding hydrogens is 164 g/mol. The smallest absolute Gasteiger partial charge is 0.274 e. The van der Waals surface area contributed by atoms with Crippen molar-refractivity contribution in [2.45, 2.75) is 0 Å². The number of hydrogen-bond acceptors (Lipinski definition) is 5. The molecule has 0 heterocycles. The Balaban J connectivity index is 4.56. The largest absolute Gasteiger partial charge is 0.345 e. The van der Waals surface area contributed by atoms with Gasteiger partial charge >= 0.3 is 10.1 Å². The second-order valence-corrected chi connectivity index (χ2v) is 2.96. The second-order valence-electron chi connectivity index (χ2n) is 1.05. The molecule has 9 heavy (non-hydrogen) atoms. The van der Waals surface area contributed by atoms with Gasteiger partial charge in [-0.15, -0.1) is 0 Å². The first kappa shape index (κ1) is 8.67. The Kier molecular flexibility index (Phi) is 2.89. The van der Waals surface area contributed by atoms with E-state index in [1.807, 2.05) is 0 Å². The molecule has 0 aromatic heterocycles. The first-order chi connectivity index (χ1) is 4.04. The number of thiol groups is 1. The van der Waals surface area contributed by atoms with Crippen molar-refractivity contribution in [3.63, 3.8) is 0 Å². The number of rotatable bonds is 2.